The lowest BCUT2D eigenvalue weighted by Gasteiger charge is -2.24. The van der Waals surface area contributed by atoms with E-state index in [9.17, 15) is 9.90 Å². The van der Waals surface area contributed by atoms with Crippen LogP contribution in [0.2, 0.25) is 0 Å². The molecule has 1 N–H and O–H groups in total. The zero-order valence-electron chi connectivity index (χ0n) is 13.4. The fraction of sp³-hybridized carbons (Fsp3) is 0.500. The molecule has 2 rings (SSSR count). The molecule has 0 amide bonds. The number of hydrogen-bond donors (Lipinski definition) is 1. The summed E-state index contributed by atoms with van der Waals surface area (Å²) in [6.07, 6.45) is 0.907. The fourth-order valence-electron chi connectivity index (χ4n) is 2.74. The van der Waals surface area contributed by atoms with Crippen molar-refractivity contribution in [3.05, 3.63) is 23.8 Å². The quantitative estimate of drug-likeness (QED) is 0.874. The summed E-state index contributed by atoms with van der Waals surface area (Å²) >= 11 is 0. The third kappa shape index (κ3) is 3.00. The molecule has 0 bridgehead atoms. The Kier molecular flexibility index (Phi) is 4.90. The third-order valence-electron chi connectivity index (χ3n) is 3.74. The topological polar surface area (TPSA) is 71.4 Å². The van der Waals surface area contributed by atoms with Gasteiger partial charge in [0, 0.05) is 7.05 Å². The molecule has 0 saturated heterocycles. The molecule has 0 aliphatic carbocycles. The van der Waals surface area contributed by atoms with E-state index in [1.165, 1.54) is 0 Å². The van der Waals surface area contributed by atoms with Crippen molar-refractivity contribution < 1.29 is 19.4 Å². The van der Waals surface area contributed by atoms with Crippen LogP contribution >= 0.6 is 0 Å². The second-order valence-electron chi connectivity index (χ2n) is 5.33. The molecule has 1 heterocycles. The molecule has 22 heavy (non-hydrogen) atoms. The van der Waals surface area contributed by atoms with Gasteiger partial charge in [0.2, 0.25) is 0 Å². The molecule has 1 aromatic carbocycles. The zero-order chi connectivity index (χ0) is 16.3. The van der Waals surface area contributed by atoms with E-state index in [1.54, 1.807) is 26.1 Å². The maximum atomic E-state index is 11.5. The predicted molar refractivity (Wildman–Crippen MR) is 83.5 cm³/mol. The predicted octanol–water partition coefficient (Wildman–Crippen LogP) is 2.55. The van der Waals surface area contributed by atoms with Crippen LogP contribution in [0.15, 0.2) is 23.3 Å². The molecule has 2 unspecified atom stereocenters. The van der Waals surface area contributed by atoms with E-state index in [0.717, 1.165) is 12.0 Å². The van der Waals surface area contributed by atoms with Gasteiger partial charge < -0.3 is 14.6 Å². The molecule has 2 atom stereocenters. The number of nitrogens with zero attached hydrogens (tertiary/aromatic N) is 2. The molecular formula is C16H22N2O4. The van der Waals surface area contributed by atoms with Crippen LogP contribution in [0.1, 0.15) is 31.9 Å². The van der Waals surface area contributed by atoms with Gasteiger partial charge in [-0.2, -0.15) is 5.10 Å². The van der Waals surface area contributed by atoms with Crippen LogP contribution in [0.4, 0.5) is 0 Å². The van der Waals surface area contributed by atoms with Gasteiger partial charge in [-0.05, 0) is 31.0 Å². The average Bonchev–Trinajstić information content (AvgIpc) is 2.79. The summed E-state index contributed by atoms with van der Waals surface area (Å²) in [5.41, 5.74) is 1.45. The van der Waals surface area contributed by atoms with Crippen molar-refractivity contribution in [2.45, 2.75) is 26.3 Å². The lowest BCUT2D eigenvalue weighted by molar-refractivity contribution is -0.140. The first-order chi connectivity index (χ1) is 10.5. The second-order valence-corrected chi connectivity index (χ2v) is 5.33. The molecule has 0 spiro atoms. The minimum absolute atomic E-state index is 0.341. The van der Waals surface area contributed by atoms with Crippen molar-refractivity contribution in [3.8, 4) is 11.5 Å². The molecule has 0 fully saturated rings. The number of benzene rings is 1. The Morgan fingerprint density at radius 1 is 1.41 bits per heavy atom. The summed E-state index contributed by atoms with van der Waals surface area (Å²) in [6, 6.07) is 5.19. The molecule has 1 aromatic rings. The maximum Gasteiger partial charge on any atom is 0.314 e. The monoisotopic (exact) mass is 306 g/mol. The highest BCUT2D eigenvalue weighted by Crippen LogP contribution is 2.38. The van der Waals surface area contributed by atoms with Gasteiger partial charge in [0.25, 0.3) is 0 Å². The van der Waals surface area contributed by atoms with E-state index < -0.39 is 11.9 Å². The van der Waals surface area contributed by atoms with Crippen LogP contribution in [-0.2, 0) is 4.79 Å². The number of aliphatic carboxylic acids is 1. The summed E-state index contributed by atoms with van der Waals surface area (Å²) < 4.78 is 11.0. The minimum atomic E-state index is -0.874. The number of rotatable bonds is 6. The van der Waals surface area contributed by atoms with Gasteiger partial charge in [-0.1, -0.05) is 13.0 Å². The SMILES string of the molecule is CCCOc1ccc(C2C(C(=O)O)C(C)=NN2C)cc1OC. The van der Waals surface area contributed by atoms with E-state index >= 15 is 0 Å². The number of carboxylic acid groups (broad SMARTS) is 1. The van der Waals surface area contributed by atoms with Crippen molar-refractivity contribution in [2.75, 3.05) is 20.8 Å². The van der Waals surface area contributed by atoms with Crippen LogP contribution in [0, 0.1) is 5.92 Å². The van der Waals surface area contributed by atoms with Crippen molar-refractivity contribution in [3.63, 3.8) is 0 Å². The van der Waals surface area contributed by atoms with Gasteiger partial charge in [0.15, 0.2) is 11.5 Å². The molecule has 0 radical (unpaired) electrons. The number of methoxy groups -OCH3 is 1. The number of hydrazone groups is 1. The van der Waals surface area contributed by atoms with E-state index in [1.807, 2.05) is 25.1 Å². The van der Waals surface area contributed by atoms with Gasteiger partial charge in [-0.25, -0.2) is 0 Å². The number of ether oxygens (including phenoxy) is 2. The highest BCUT2D eigenvalue weighted by Gasteiger charge is 2.39. The van der Waals surface area contributed by atoms with Gasteiger partial charge >= 0.3 is 5.97 Å². The first kappa shape index (κ1) is 16.1. The van der Waals surface area contributed by atoms with Crippen molar-refractivity contribution in [1.29, 1.82) is 0 Å². The highest BCUT2D eigenvalue weighted by atomic mass is 16.5. The molecular weight excluding hydrogens is 284 g/mol. The van der Waals surface area contributed by atoms with Crippen LogP contribution in [0.25, 0.3) is 0 Å². The summed E-state index contributed by atoms with van der Waals surface area (Å²) in [5.74, 6) is -0.260. The molecule has 6 nitrogen and oxygen atoms in total. The molecule has 0 saturated carbocycles. The number of hydrogen-bond acceptors (Lipinski definition) is 5. The summed E-state index contributed by atoms with van der Waals surface area (Å²) in [6.45, 7) is 4.39. The van der Waals surface area contributed by atoms with Gasteiger partial charge in [0.1, 0.15) is 5.92 Å². The summed E-state index contributed by atoms with van der Waals surface area (Å²) in [7, 11) is 3.36. The van der Waals surface area contributed by atoms with Crippen molar-refractivity contribution >= 4 is 11.7 Å². The molecule has 120 valence electrons. The summed E-state index contributed by atoms with van der Waals surface area (Å²) in [4.78, 5) is 11.5. The Morgan fingerprint density at radius 3 is 2.73 bits per heavy atom. The van der Waals surface area contributed by atoms with E-state index in [2.05, 4.69) is 5.10 Å². The summed E-state index contributed by atoms with van der Waals surface area (Å²) in [5, 5.41) is 15.4. The van der Waals surface area contributed by atoms with E-state index in [0.29, 0.717) is 23.8 Å². The number of carbonyl (C=O) groups is 1. The van der Waals surface area contributed by atoms with E-state index in [4.69, 9.17) is 9.47 Å². The van der Waals surface area contributed by atoms with Gasteiger partial charge in [-0.15, -0.1) is 0 Å². The molecule has 6 heteroatoms. The van der Waals surface area contributed by atoms with Gasteiger partial charge in [0.05, 0.1) is 25.5 Å². The fourth-order valence-corrected chi connectivity index (χ4v) is 2.74. The smallest absolute Gasteiger partial charge is 0.314 e. The van der Waals surface area contributed by atoms with E-state index in [-0.39, 0.29) is 6.04 Å². The second kappa shape index (κ2) is 6.68. The molecule has 1 aliphatic rings. The largest absolute Gasteiger partial charge is 0.493 e. The van der Waals surface area contributed by atoms with Gasteiger partial charge in [-0.3, -0.25) is 9.80 Å². The standard InChI is InChI=1S/C16H22N2O4/c1-5-8-22-12-7-6-11(9-13(12)21-4)15-14(16(19)20)10(2)17-18(15)3/h6-7,9,14-15H,5,8H2,1-4H3,(H,19,20). The Hall–Kier alpha value is -2.24. The Bertz CT molecular complexity index is 586. The first-order valence-electron chi connectivity index (χ1n) is 7.31. The van der Waals surface area contributed by atoms with Crippen LogP contribution in [-0.4, -0.2) is 42.6 Å². The molecule has 1 aliphatic heterocycles. The average molecular weight is 306 g/mol. The Balaban J connectivity index is 2.34. The lowest BCUT2D eigenvalue weighted by Crippen LogP contribution is -2.28. The van der Waals surface area contributed by atoms with Crippen LogP contribution in [0.5, 0.6) is 11.5 Å². The normalized spacial score (nSPS) is 20.7. The number of carboxylic acids is 1. The first-order valence-corrected chi connectivity index (χ1v) is 7.31. The lowest BCUT2D eigenvalue weighted by atomic mass is 9.90. The molecule has 0 aromatic heterocycles. The Labute approximate surface area is 130 Å². The zero-order valence-corrected chi connectivity index (χ0v) is 13.4. The third-order valence-corrected chi connectivity index (χ3v) is 3.74. The highest BCUT2D eigenvalue weighted by molar-refractivity contribution is 6.02. The Morgan fingerprint density at radius 2 is 2.14 bits per heavy atom. The van der Waals surface area contributed by atoms with Crippen LogP contribution in [0.3, 0.4) is 0 Å². The van der Waals surface area contributed by atoms with Crippen molar-refractivity contribution in [2.24, 2.45) is 11.0 Å². The van der Waals surface area contributed by atoms with Crippen LogP contribution < -0.4 is 9.47 Å². The minimum Gasteiger partial charge on any atom is -0.493 e. The van der Waals surface area contributed by atoms with Crippen molar-refractivity contribution in [1.82, 2.24) is 5.01 Å². The maximum absolute atomic E-state index is 11.5.